The second-order valence-corrected chi connectivity index (χ2v) is 4.52. The number of rotatable bonds is 4. The number of oxazole rings is 1. The second-order valence-electron chi connectivity index (χ2n) is 3.76. The van der Waals surface area contributed by atoms with Gasteiger partial charge in [-0.05, 0) is 19.1 Å². The summed E-state index contributed by atoms with van der Waals surface area (Å²) in [5, 5.41) is 0. The predicted molar refractivity (Wildman–Crippen MR) is 77.5 cm³/mol. The molecule has 5 heteroatoms. The van der Waals surface area contributed by atoms with E-state index in [0.717, 1.165) is 32.9 Å². The molecule has 0 saturated heterocycles. The number of ether oxygens (including phenoxy) is 2. The lowest BCUT2D eigenvalue weighted by Crippen LogP contribution is -1.89. The van der Waals surface area contributed by atoms with Crippen LogP contribution in [0.15, 0.2) is 22.6 Å². The second kappa shape index (κ2) is 5.60. The van der Waals surface area contributed by atoms with Crippen molar-refractivity contribution >= 4 is 22.6 Å². The van der Waals surface area contributed by atoms with E-state index in [1.54, 1.807) is 14.2 Å². The van der Waals surface area contributed by atoms with Crippen molar-refractivity contribution in [2.45, 2.75) is 11.4 Å². The van der Waals surface area contributed by atoms with Gasteiger partial charge in [-0.2, -0.15) is 0 Å². The average Bonchev–Trinajstić information content (AvgIpc) is 2.79. The highest BCUT2D eigenvalue weighted by molar-refractivity contribution is 14.1. The lowest BCUT2D eigenvalue weighted by atomic mass is 10.2. The Morgan fingerprint density at radius 2 is 1.78 bits per heavy atom. The van der Waals surface area contributed by atoms with Crippen molar-refractivity contribution in [3.8, 4) is 23.0 Å². The number of hydrogen-bond acceptors (Lipinski definition) is 4. The molecule has 0 bridgehead atoms. The van der Waals surface area contributed by atoms with Crippen LogP contribution in [0.4, 0.5) is 0 Å². The molecule has 0 unspecified atom stereocenters. The van der Waals surface area contributed by atoms with Crippen LogP contribution in [0.1, 0.15) is 11.5 Å². The van der Waals surface area contributed by atoms with Crippen LogP contribution in [0.2, 0.25) is 0 Å². The number of alkyl halides is 1. The van der Waals surface area contributed by atoms with Crippen molar-refractivity contribution in [3.05, 3.63) is 29.7 Å². The fourth-order valence-electron chi connectivity index (χ4n) is 1.61. The van der Waals surface area contributed by atoms with E-state index in [1.807, 2.05) is 25.1 Å². The molecule has 0 spiro atoms. The Bertz CT molecular complexity index is 529. The molecule has 0 aliphatic rings. The molecule has 0 N–H and O–H groups in total. The van der Waals surface area contributed by atoms with Crippen LogP contribution in [0.25, 0.3) is 11.5 Å². The number of aryl methyl sites for hydroxylation is 1. The predicted octanol–water partition coefficient (Wildman–Crippen LogP) is 3.60. The minimum Gasteiger partial charge on any atom is -0.497 e. The summed E-state index contributed by atoms with van der Waals surface area (Å²) in [6.07, 6.45) is 0. The Labute approximate surface area is 119 Å². The summed E-state index contributed by atoms with van der Waals surface area (Å²) in [5.74, 6) is 2.88. The van der Waals surface area contributed by atoms with Crippen molar-refractivity contribution in [1.82, 2.24) is 4.98 Å². The summed E-state index contributed by atoms with van der Waals surface area (Å²) in [5.41, 5.74) is 1.82. The zero-order chi connectivity index (χ0) is 13.1. The maximum Gasteiger partial charge on any atom is 0.226 e. The molecule has 0 saturated carbocycles. The largest absolute Gasteiger partial charge is 0.497 e. The van der Waals surface area contributed by atoms with Crippen LogP contribution in [-0.4, -0.2) is 19.2 Å². The van der Waals surface area contributed by atoms with Gasteiger partial charge in [0.25, 0.3) is 0 Å². The summed E-state index contributed by atoms with van der Waals surface area (Å²) in [7, 11) is 3.24. The van der Waals surface area contributed by atoms with Gasteiger partial charge in [-0.25, -0.2) is 4.98 Å². The Kier molecular flexibility index (Phi) is 4.11. The van der Waals surface area contributed by atoms with Crippen LogP contribution in [-0.2, 0) is 4.43 Å². The van der Waals surface area contributed by atoms with Crippen molar-refractivity contribution in [1.29, 1.82) is 0 Å². The molecule has 1 heterocycles. The van der Waals surface area contributed by atoms with Gasteiger partial charge < -0.3 is 13.9 Å². The summed E-state index contributed by atoms with van der Waals surface area (Å²) in [4.78, 5) is 4.46. The number of nitrogens with zero attached hydrogens (tertiary/aromatic N) is 1. The van der Waals surface area contributed by atoms with Gasteiger partial charge in [-0.3, -0.25) is 0 Å². The third-order valence-corrected chi connectivity index (χ3v) is 3.34. The fourth-order valence-corrected chi connectivity index (χ4v) is 2.31. The van der Waals surface area contributed by atoms with Crippen LogP contribution in [0, 0.1) is 6.92 Å². The number of aromatic nitrogens is 1. The molecule has 18 heavy (non-hydrogen) atoms. The van der Waals surface area contributed by atoms with E-state index >= 15 is 0 Å². The van der Waals surface area contributed by atoms with E-state index in [1.165, 1.54) is 0 Å². The van der Waals surface area contributed by atoms with E-state index in [9.17, 15) is 0 Å². The summed E-state index contributed by atoms with van der Waals surface area (Å²) >= 11 is 2.27. The molecule has 1 aromatic carbocycles. The summed E-state index contributed by atoms with van der Waals surface area (Å²) in [6, 6.07) is 5.58. The standard InChI is InChI=1S/C13H14INO3/c1-8-12(7-14)15-13(18-8)9-4-10(16-2)6-11(5-9)17-3/h4-6H,7H2,1-3H3. The quantitative estimate of drug-likeness (QED) is 0.618. The van der Waals surface area contributed by atoms with Crippen molar-refractivity contribution in [2.24, 2.45) is 0 Å². The zero-order valence-corrected chi connectivity index (χ0v) is 12.6. The Balaban J connectivity index is 2.48. The molecule has 0 aliphatic carbocycles. The van der Waals surface area contributed by atoms with Gasteiger partial charge in [0.15, 0.2) is 0 Å². The monoisotopic (exact) mass is 359 g/mol. The first-order valence-corrected chi connectivity index (χ1v) is 6.96. The van der Waals surface area contributed by atoms with E-state index in [-0.39, 0.29) is 0 Å². The summed E-state index contributed by atoms with van der Waals surface area (Å²) in [6.45, 7) is 1.92. The normalized spacial score (nSPS) is 10.4. The molecule has 0 aliphatic heterocycles. The molecule has 2 rings (SSSR count). The first kappa shape index (κ1) is 13.2. The van der Waals surface area contributed by atoms with Gasteiger partial charge in [-0.15, -0.1) is 0 Å². The number of halogens is 1. The van der Waals surface area contributed by atoms with Crippen LogP contribution in [0.3, 0.4) is 0 Å². The van der Waals surface area contributed by atoms with Crippen molar-refractivity contribution in [3.63, 3.8) is 0 Å². The Morgan fingerprint density at radius 3 is 2.22 bits per heavy atom. The van der Waals surface area contributed by atoms with Crippen molar-refractivity contribution < 1.29 is 13.9 Å². The zero-order valence-electron chi connectivity index (χ0n) is 10.5. The molecule has 2 aromatic rings. The minimum absolute atomic E-state index is 0.594. The first-order chi connectivity index (χ1) is 8.67. The SMILES string of the molecule is COc1cc(OC)cc(-c2nc(CI)c(C)o2)c1. The molecule has 0 fully saturated rings. The topological polar surface area (TPSA) is 44.5 Å². The molecule has 4 nitrogen and oxygen atoms in total. The van der Waals surface area contributed by atoms with Crippen LogP contribution >= 0.6 is 22.6 Å². The van der Waals surface area contributed by atoms with E-state index in [4.69, 9.17) is 13.9 Å². The molecule has 0 atom stereocenters. The van der Waals surface area contributed by atoms with Gasteiger partial charge in [0, 0.05) is 16.1 Å². The average molecular weight is 359 g/mol. The molecular formula is C13H14INO3. The highest BCUT2D eigenvalue weighted by Gasteiger charge is 2.12. The van der Waals surface area contributed by atoms with Gasteiger partial charge >= 0.3 is 0 Å². The highest BCUT2D eigenvalue weighted by Crippen LogP contribution is 2.30. The Morgan fingerprint density at radius 1 is 1.17 bits per heavy atom. The first-order valence-electron chi connectivity index (χ1n) is 5.43. The maximum absolute atomic E-state index is 5.66. The highest BCUT2D eigenvalue weighted by atomic mass is 127. The smallest absolute Gasteiger partial charge is 0.226 e. The number of methoxy groups -OCH3 is 2. The van der Waals surface area contributed by atoms with E-state index in [2.05, 4.69) is 27.6 Å². The third kappa shape index (κ3) is 2.60. The molecule has 0 radical (unpaired) electrons. The van der Waals surface area contributed by atoms with Gasteiger partial charge in [0.1, 0.15) is 17.3 Å². The molecule has 0 amide bonds. The van der Waals surface area contributed by atoms with Gasteiger partial charge in [-0.1, -0.05) is 22.6 Å². The Hall–Kier alpha value is -1.24. The molecule has 96 valence electrons. The lowest BCUT2D eigenvalue weighted by Gasteiger charge is -2.06. The van der Waals surface area contributed by atoms with Gasteiger partial charge in [0.2, 0.25) is 5.89 Å². The lowest BCUT2D eigenvalue weighted by molar-refractivity contribution is 0.394. The number of hydrogen-bond donors (Lipinski definition) is 0. The maximum atomic E-state index is 5.66. The molecule has 1 aromatic heterocycles. The van der Waals surface area contributed by atoms with Crippen LogP contribution < -0.4 is 9.47 Å². The van der Waals surface area contributed by atoms with E-state index in [0.29, 0.717) is 5.89 Å². The fraction of sp³-hybridized carbons (Fsp3) is 0.308. The third-order valence-electron chi connectivity index (χ3n) is 2.62. The van der Waals surface area contributed by atoms with E-state index < -0.39 is 0 Å². The van der Waals surface area contributed by atoms with Gasteiger partial charge in [0.05, 0.1) is 19.9 Å². The minimum atomic E-state index is 0.594. The number of benzene rings is 1. The van der Waals surface area contributed by atoms with Crippen molar-refractivity contribution in [2.75, 3.05) is 14.2 Å². The molecular weight excluding hydrogens is 345 g/mol. The van der Waals surface area contributed by atoms with Crippen LogP contribution in [0.5, 0.6) is 11.5 Å². The summed E-state index contributed by atoms with van der Waals surface area (Å²) < 4.78 is 17.0.